The van der Waals surface area contributed by atoms with E-state index >= 15 is 0 Å². The molecule has 68 valence electrons. The van der Waals surface area contributed by atoms with E-state index in [1.54, 1.807) is 12.1 Å². The average molecular weight is 178 g/mol. The van der Waals surface area contributed by atoms with Gasteiger partial charge < -0.3 is 9.84 Å². The van der Waals surface area contributed by atoms with Gasteiger partial charge >= 0.3 is 5.97 Å². The Morgan fingerprint density at radius 2 is 2.15 bits per heavy atom. The van der Waals surface area contributed by atoms with Crippen LogP contribution >= 0.6 is 0 Å². The minimum absolute atomic E-state index is 0.190. The first-order valence-electron chi connectivity index (χ1n) is 4.28. The first-order chi connectivity index (χ1) is 6.25. The number of esters is 1. The molecule has 0 saturated carbocycles. The molecule has 3 heteroatoms. The van der Waals surface area contributed by atoms with Gasteiger partial charge in [-0.25, -0.2) is 0 Å². The van der Waals surface area contributed by atoms with Gasteiger partial charge in [-0.15, -0.1) is 0 Å². The van der Waals surface area contributed by atoms with E-state index < -0.39 is 0 Å². The van der Waals surface area contributed by atoms with Crippen LogP contribution in [0.3, 0.4) is 0 Å². The lowest BCUT2D eigenvalue weighted by Gasteiger charge is -2.04. The van der Waals surface area contributed by atoms with Gasteiger partial charge in [-0.1, -0.05) is 0 Å². The second kappa shape index (κ2) is 3.09. The van der Waals surface area contributed by atoms with E-state index in [2.05, 4.69) is 0 Å². The van der Waals surface area contributed by atoms with E-state index in [9.17, 15) is 9.90 Å². The van der Waals surface area contributed by atoms with Gasteiger partial charge in [0.15, 0.2) is 0 Å². The van der Waals surface area contributed by atoms with E-state index in [4.69, 9.17) is 4.74 Å². The summed E-state index contributed by atoms with van der Waals surface area (Å²) in [5.74, 6) is 0.612. The predicted octanol–water partition coefficient (Wildman–Crippen LogP) is 1.63. The number of benzene rings is 1. The second-order valence-corrected chi connectivity index (χ2v) is 3.12. The van der Waals surface area contributed by atoms with Crippen LogP contribution in [0.2, 0.25) is 0 Å². The standard InChI is InChI=1S/C10H10O3/c11-8-4-5-9-7(6-8)2-1-3-10(12)13-9/h4-6,11H,1-3H2. The summed E-state index contributed by atoms with van der Waals surface area (Å²) in [6.45, 7) is 0. The minimum Gasteiger partial charge on any atom is -0.508 e. The molecule has 2 rings (SSSR count). The molecule has 1 aliphatic rings. The monoisotopic (exact) mass is 178 g/mol. The smallest absolute Gasteiger partial charge is 0.311 e. The first-order valence-corrected chi connectivity index (χ1v) is 4.28. The van der Waals surface area contributed by atoms with Gasteiger partial charge in [0.05, 0.1) is 0 Å². The summed E-state index contributed by atoms with van der Waals surface area (Å²) in [5.41, 5.74) is 0.908. The van der Waals surface area contributed by atoms with Gasteiger partial charge in [0, 0.05) is 6.42 Å². The van der Waals surface area contributed by atoms with Crippen molar-refractivity contribution in [2.75, 3.05) is 0 Å². The minimum atomic E-state index is -0.190. The van der Waals surface area contributed by atoms with Crippen molar-refractivity contribution >= 4 is 5.97 Å². The Labute approximate surface area is 76.0 Å². The zero-order valence-corrected chi connectivity index (χ0v) is 7.12. The number of fused-ring (bicyclic) bond motifs is 1. The van der Waals surface area contributed by atoms with Crippen LogP contribution in [0.15, 0.2) is 18.2 Å². The molecule has 1 N–H and O–H groups in total. The van der Waals surface area contributed by atoms with Crippen molar-refractivity contribution in [2.24, 2.45) is 0 Å². The van der Waals surface area contributed by atoms with E-state index in [1.165, 1.54) is 6.07 Å². The van der Waals surface area contributed by atoms with Crippen LogP contribution in [0.25, 0.3) is 0 Å². The number of phenolic OH excluding ortho intramolecular Hbond substituents is 1. The zero-order valence-electron chi connectivity index (χ0n) is 7.12. The van der Waals surface area contributed by atoms with Crippen LogP contribution in [0.5, 0.6) is 11.5 Å². The number of carbonyl (C=O) groups excluding carboxylic acids is 1. The Balaban J connectivity index is 2.40. The molecule has 1 heterocycles. The summed E-state index contributed by atoms with van der Waals surface area (Å²) >= 11 is 0. The summed E-state index contributed by atoms with van der Waals surface area (Å²) in [5, 5.41) is 9.21. The molecule has 0 bridgehead atoms. The first kappa shape index (κ1) is 8.10. The molecule has 13 heavy (non-hydrogen) atoms. The largest absolute Gasteiger partial charge is 0.508 e. The fourth-order valence-corrected chi connectivity index (χ4v) is 1.46. The lowest BCUT2D eigenvalue weighted by Crippen LogP contribution is -2.04. The molecule has 0 aliphatic carbocycles. The van der Waals surface area contributed by atoms with E-state index in [1.807, 2.05) is 0 Å². The number of aryl methyl sites for hydroxylation is 1. The van der Waals surface area contributed by atoms with Crippen LogP contribution < -0.4 is 4.74 Å². The average Bonchev–Trinajstić information content (AvgIpc) is 2.25. The van der Waals surface area contributed by atoms with Crippen molar-refractivity contribution in [1.29, 1.82) is 0 Å². The van der Waals surface area contributed by atoms with Crippen LogP contribution in [0.1, 0.15) is 18.4 Å². The van der Waals surface area contributed by atoms with Gasteiger partial charge in [0.25, 0.3) is 0 Å². The molecule has 0 saturated heterocycles. The number of ether oxygens (including phenoxy) is 1. The Bertz CT molecular complexity index is 344. The second-order valence-electron chi connectivity index (χ2n) is 3.12. The molecule has 0 spiro atoms. The Morgan fingerprint density at radius 3 is 3.00 bits per heavy atom. The van der Waals surface area contributed by atoms with Crippen LogP contribution in [-0.4, -0.2) is 11.1 Å². The third-order valence-corrected chi connectivity index (χ3v) is 2.09. The molecule has 1 aliphatic heterocycles. The third-order valence-electron chi connectivity index (χ3n) is 2.09. The van der Waals surface area contributed by atoms with E-state index in [0.717, 1.165) is 18.4 Å². The van der Waals surface area contributed by atoms with Gasteiger partial charge in [0.2, 0.25) is 0 Å². The molecule has 3 nitrogen and oxygen atoms in total. The maximum absolute atomic E-state index is 11.0. The van der Waals surface area contributed by atoms with Gasteiger partial charge in [0.1, 0.15) is 11.5 Å². The van der Waals surface area contributed by atoms with Crippen molar-refractivity contribution in [1.82, 2.24) is 0 Å². The summed E-state index contributed by atoms with van der Waals surface area (Å²) in [4.78, 5) is 11.0. The lowest BCUT2D eigenvalue weighted by atomic mass is 10.1. The molecule has 0 atom stereocenters. The molecule has 1 aromatic rings. The molecular formula is C10H10O3. The molecule has 1 aromatic carbocycles. The van der Waals surface area contributed by atoms with Crippen molar-refractivity contribution in [3.8, 4) is 11.5 Å². The Kier molecular flexibility index (Phi) is 1.93. The van der Waals surface area contributed by atoms with Gasteiger partial charge in [-0.2, -0.15) is 0 Å². The van der Waals surface area contributed by atoms with Crippen molar-refractivity contribution in [3.05, 3.63) is 23.8 Å². The highest BCUT2D eigenvalue weighted by atomic mass is 16.5. The maximum Gasteiger partial charge on any atom is 0.311 e. The highest BCUT2D eigenvalue weighted by molar-refractivity contribution is 5.73. The molecular weight excluding hydrogens is 168 g/mol. The number of phenols is 1. The normalized spacial score (nSPS) is 15.8. The van der Waals surface area contributed by atoms with Crippen LogP contribution in [0, 0.1) is 0 Å². The topological polar surface area (TPSA) is 46.5 Å². The quantitative estimate of drug-likeness (QED) is 0.485. The maximum atomic E-state index is 11.0. The van der Waals surface area contributed by atoms with Crippen molar-refractivity contribution < 1.29 is 14.6 Å². The molecule has 0 radical (unpaired) electrons. The SMILES string of the molecule is O=C1CCCc2cc(O)ccc2O1. The van der Waals surface area contributed by atoms with Crippen LogP contribution in [-0.2, 0) is 11.2 Å². The predicted molar refractivity (Wildman–Crippen MR) is 46.7 cm³/mol. The molecule has 0 aromatic heterocycles. The summed E-state index contributed by atoms with van der Waals surface area (Å²) < 4.78 is 5.06. The number of carbonyl (C=O) groups is 1. The molecule has 0 unspecified atom stereocenters. The Morgan fingerprint density at radius 1 is 1.31 bits per heavy atom. The third kappa shape index (κ3) is 1.64. The summed E-state index contributed by atoms with van der Waals surface area (Å²) in [6.07, 6.45) is 2.03. The lowest BCUT2D eigenvalue weighted by molar-refractivity contribution is -0.134. The van der Waals surface area contributed by atoms with Crippen LogP contribution in [0.4, 0.5) is 0 Å². The highest BCUT2D eigenvalue weighted by Gasteiger charge is 2.14. The number of hydrogen-bond acceptors (Lipinski definition) is 3. The van der Waals surface area contributed by atoms with E-state index in [-0.39, 0.29) is 11.7 Å². The summed E-state index contributed by atoms with van der Waals surface area (Å²) in [7, 11) is 0. The zero-order chi connectivity index (χ0) is 9.26. The van der Waals surface area contributed by atoms with Gasteiger partial charge in [-0.05, 0) is 36.6 Å². The number of rotatable bonds is 0. The van der Waals surface area contributed by atoms with Gasteiger partial charge in [-0.3, -0.25) is 4.79 Å². The Hall–Kier alpha value is -1.51. The molecule has 0 amide bonds. The summed E-state index contributed by atoms with van der Waals surface area (Å²) in [6, 6.07) is 4.80. The highest BCUT2D eigenvalue weighted by Crippen LogP contribution is 2.27. The molecule has 0 fully saturated rings. The fourth-order valence-electron chi connectivity index (χ4n) is 1.46. The van der Waals surface area contributed by atoms with Crippen molar-refractivity contribution in [3.63, 3.8) is 0 Å². The number of aromatic hydroxyl groups is 1. The number of hydrogen-bond donors (Lipinski definition) is 1. The van der Waals surface area contributed by atoms with Crippen molar-refractivity contribution in [2.45, 2.75) is 19.3 Å². The van der Waals surface area contributed by atoms with E-state index in [0.29, 0.717) is 12.2 Å². The fraction of sp³-hybridized carbons (Fsp3) is 0.300.